The van der Waals surface area contributed by atoms with Crippen LogP contribution in [0.4, 0.5) is 0 Å². The van der Waals surface area contributed by atoms with Gasteiger partial charge in [-0.25, -0.2) is 4.79 Å². The highest BCUT2D eigenvalue weighted by Crippen LogP contribution is 2.25. The molecule has 0 amide bonds. The zero-order chi connectivity index (χ0) is 13.4. The highest BCUT2D eigenvalue weighted by atomic mass is 16.4. The van der Waals surface area contributed by atoms with E-state index in [2.05, 4.69) is 0 Å². The van der Waals surface area contributed by atoms with Crippen molar-refractivity contribution in [2.75, 3.05) is 0 Å². The fourth-order valence-electron chi connectivity index (χ4n) is 2.28. The lowest BCUT2D eigenvalue weighted by Gasteiger charge is -2.05. The summed E-state index contributed by atoms with van der Waals surface area (Å²) in [7, 11) is 0. The molecule has 3 nitrogen and oxygen atoms in total. The first-order valence-electron chi connectivity index (χ1n) is 5.86. The van der Waals surface area contributed by atoms with Gasteiger partial charge in [0.15, 0.2) is 0 Å². The molecule has 1 N–H and O–H groups in total. The van der Waals surface area contributed by atoms with Crippen LogP contribution in [0.5, 0.6) is 0 Å². The third-order valence-electron chi connectivity index (χ3n) is 3.19. The Hall–Kier alpha value is -2.68. The van der Waals surface area contributed by atoms with E-state index in [0.29, 0.717) is 5.39 Å². The number of hydrogen-bond donors (Lipinski definition) is 1. The van der Waals surface area contributed by atoms with E-state index in [9.17, 15) is 9.59 Å². The molecule has 0 heterocycles. The second kappa shape index (κ2) is 4.21. The summed E-state index contributed by atoms with van der Waals surface area (Å²) in [6.07, 6.45) is 0. The number of carbonyl (C=O) groups excluding carboxylic acids is 1. The summed E-state index contributed by atoms with van der Waals surface area (Å²) < 4.78 is 0. The molecule has 0 fully saturated rings. The lowest BCUT2D eigenvalue weighted by molar-refractivity contribution is -0.131. The summed E-state index contributed by atoms with van der Waals surface area (Å²) in [6.45, 7) is 0. The van der Waals surface area contributed by atoms with Gasteiger partial charge < -0.3 is 5.11 Å². The number of carboxylic acids is 1. The molecular formula is C16H10O3. The maximum atomic E-state index is 11.7. The van der Waals surface area contributed by atoms with E-state index in [-0.39, 0.29) is 5.56 Å². The van der Waals surface area contributed by atoms with Crippen LogP contribution < -0.4 is 0 Å². The molecular weight excluding hydrogens is 240 g/mol. The first-order valence-corrected chi connectivity index (χ1v) is 5.86. The Morgan fingerprint density at radius 2 is 1.42 bits per heavy atom. The molecule has 0 unspecified atom stereocenters. The minimum Gasteiger partial charge on any atom is -0.475 e. The van der Waals surface area contributed by atoms with Gasteiger partial charge in [0, 0.05) is 5.56 Å². The summed E-state index contributed by atoms with van der Waals surface area (Å²) >= 11 is 0. The normalized spacial score (nSPS) is 10.7. The molecule has 19 heavy (non-hydrogen) atoms. The lowest BCUT2D eigenvalue weighted by Crippen LogP contribution is -2.12. The van der Waals surface area contributed by atoms with Crippen molar-refractivity contribution in [3.05, 3.63) is 60.2 Å². The smallest absolute Gasteiger partial charge is 0.377 e. The number of ketones is 1. The maximum Gasteiger partial charge on any atom is 0.377 e. The number of hydrogen-bond acceptors (Lipinski definition) is 2. The highest BCUT2D eigenvalue weighted by molar-refractivity contribution is 6.42. The monoisotopic (exact) mass is 250 g/mol. The maximum absolute atomic E-state index is 11.7. The van der Waals surface area contributed by atoms with Crippen LogP contribution in [0.1, 0.15) is 10.4 Å². The lowest BCUT2D eigenvalue weighted by atomic mass is 9.98. The zero-order valence-corrected chi connectivity index (χ0v) is 9.96. The van der Waals surface area contributed by atoms with Crippen LogP contribution in [0.15, 0.2) is 54.6 Å². The van der Waals surface area contributed by atoms with Gasteiger partial charge in [0.05, 0.1) is 0 Å². The first kappa shape index (κ1) is 11.4. The topological polar surface area (TPSA) is 54.4 Å². The third-order valence-corrected chi connectivity index (χ3v) is 3.19. The SMILES string of the molecule is O=C(O)C(=O)c1cccc2cc3ccccc3cc12. The van der Waals surface area contributed by atoms with Gasteiger partial charge in [-0.2, -0.15) is 0 Å². The molecule has 0 aliphatic carbocycles. The van der Waals surface area contributed by atoms with Crippen LogP contribution in [0.2, 0.25) is 0 Å². The number of carboxylic acid groups (broad SMARTS) is 1. The Balaban J connectivity index is 2.38. The van der Waals surface area contributed by atoms with E-state index in [1.165, 1.54) is 0 Å². The Labute approximate surface area is 109 Å². The Kier molecular flexibility index (Phi) is 2.53. The molecule has 3 aromatic carbocycles. The van der Waals surface area contributed by atoms with E-state index in [1.807, 2.05) is 42.5 Å². The van der Waals surface area contributed by atoms with Crippen molar-refractivity contribution in [2.24, 2.45) is 0 Å². The molecule has 3 heteroatoms. The van der Waals surface area contributed by atoms with Crippen LogP contribution in [0, 0.1) is 0 Å². The summed E-state index contributed by atoms with van der Waals surface area (Å²) in [5, 5.41) is 12.5. The quantitative estimate of drug-likeness (QED) is 0.431. The number of benzene rings is 3. The molecule has 3 rings (SSSR count). The largest absolute Gasteiger partial charge is 0.475 e. The summed E-state index contributed by atoms with van der Waals surface area (Å²) in [5.74, 6) is -2.30. The zero-order valence-electron chi connectivity index (χ0n) is 9.96. The third kappa shape index (κ3) is 1.85. The van der Waals surface area contributed by atoms with Crippen molar-refractivity contribution in [3.8, 4) is 0 Å². The number of fused-ring (bicyclic) bond motifs is 2. The van der Waals surface area contributed by atoms with Gasteiger partial charge in [0.1, 0.15) is 0 Å². The van der Waals surface area contributed by atoms with E-state index in [0.717, 1.165) is 16.2 Å². The minimum absolute atomic E-state index is 0.232. The summed E-state index contributed by atoms with van der Waals surface area (Å²) in [5.41, 5.74) is 0.232. The van der Waals surface area contributed by atoms with Gasteiger partial charge in [0.2, 0.25) is 0 Å². The molecule has 0 saturated heterocycles. The number of Topliss-reactive ketones (excluding diaryl/α,β-unsaturated/α-hetero) is 1. The van der Waals surface area contributed by atoms with Crippen LogP contribution >= 0.6 is 0 Å². The van der Waals surface area contributed by atoms with Gasteiger partial charge in [-0.05, 0) is 33.7 Å². The average molecular weight is 250 g/mol. The molecule has 3 aromatic rings. The fourth-order valence-corrected chi connectivity index (χ4v) is 2.28. The van der Waals surface area contributed by atoms with Crippen LogP contribution in [-0.4, -0.2) is 16.9 Å². The predicted octanol–water partition coefficient (Wildman–Crippen LogP) is 3.26. The predicted molar refractivity (Wildman–Crippen MR) is 73.4 cm³/mol. The first-order chi connectivity index (χ1) is 9.16. The fraction of sp³-hybridized carbons (Fsp3) is 0. The van der Waals surface area contributed by atoms with Gasteiger partial charge in [0.25, 0.3) is 5.78 Å². The van der Waals surface area contributed by atoms with Crippen molar-refractivity contribution >= 4 is 33.3 Å². The summed E-state index contributed by atoms with van der Waals surface area (Å²) in [4.78, 5) is 22.6. The second-order valence-corrected chi connectivity index (χ2v) is 4.36. The summed E-state index contributed by atoms with van der Waals surface area (Å²) in [6, 6.07) is 16.7. The van der Waals surface area contributed by atoms with Crippen LogP contribution in [0.25, 0.3) is 21.5 Å². The molecule has 0 aromatic heterocycles. The van der Waals surface area contributed by atoms with E-state index >= 15 is 0 Å². The van der Waals surface area contributed by atoms with Gasteiger partial charge >= 0.3 is 5.97 Å². The van der Waals surface area contributed by atoms with E-state index < -0.39 is 11.8 Å². The molecule has 0 radical (unpaired) electrons. The van der Waals surface area contributed by atoms with Crippen molar-refractivity contribution in [1.29, 1.82) is 0 Å². The Morgan fingerprint density at radius 3 is 2.11 bits per heavy atom. The van der Waals surface area contributed by atoms with Crippen molar-refractivity contribution < 1.29 is 14.7 Å². The molecule has 0 spiro atoms. The van der Waals surface area contributed by atoms with Crippen molar-refractivity contribution in [2.45, 2.75) is 0 Å². The van der Waals surface area contributed by atoms with Crippen molar-refractivity contribution in [3.63, 3.8) is 0 Å². The molecule has 0 atom stereocenters. The highest BCUT2D eigenvalue weighted by Gasteiger charge is 2.17. The molecule has 0 saturated carbocycles. The van der Waals surface area contributed by atoms with Gasteiger partial charge in [-0.3, -0.25) is 4.79 Å². The van der Waals surface area contributed by atoms with Crippen molar-refractivity contribution in [1.82, 2.24) is 0 Å². The van der Waals surface area contributed by atoms with E-state index in [4.69, 9.17) is 5.11 Å². The van der Waals surface area contributed by atoms with Gasteiger partial charge in [-0.1, -0.05) is 42.5 Å². The molecule has 92 valence electrons. The van der Waals surface area contributed by atoms with Crippen LogP contribution in [0.3, 0.4) is 0 Å². The Bertz CT molecular complexity index is 818. The van der Waals surface area contributed by atoms with Gasteiger partial charge in [-0.15, -0.1) is 0 Å². The van der Waals surface area contributed by atoms with E-state index in [1.54, 1.807) is 12.1 Å². The molecule has 0 aliphatic heterocycles. The number of aliphatic carboxylic acids is 1. The molecule has 0 bridgehead atoms. The number of rotatable bonds is 2. The van der Waals surface area contributed by atoms with Crippen LogP contribution in [-0.2, 0) is 4.79 Å². The standard InChI is InChI=1S/C16H10O3/c17-15(16(18)19)13-7-3-6-12-8-10-4-1-2-5-11(10)9-14(12)13/h1-9H,(H,18,19). The number of carbonyl (C=O) groups is 2. The second-order valence-electron chi connectivity index (χ2n) is 4.36. The minimum atomic E-state index is -1.43. The average Bonchev–Trinajstić information content (AvgIpc) is 2.43. The molecule has 0 aliphatic rings. The Morgan fingerprint density at radius 1 is 0.789 bits per heavy atom.